The zero-order valence-electron chi connectivity index (χ0n) is 20.8. The number of hydrogen-bond donors (Lipinski definition) is 4. The maximum Gasteiger partial charge on any atom is 0.273 e. The minimum atomic E-state index is -1.15. The van der Waals surface area contributed by atoms with Gasteiger partial charge in [-0.15, -0.1) is 0 Å². The van der Waals surface area contributed by atoms with Gasteiger partial charge in [0.25, 0.3) is 11.8 Å². The Labute approximate surface area is 223 Å². The molecule has 9 nitrogen and oxygen atoms in total. The summed E-state index contributed by atoms with van der Waals surface area (Å²) in [6.07, 6.45) is 0. The Bertz CT molecular complexity index is 1490. The predicted octanol–water partition coefficient (Wildman–Crippen LogP) is 3.85. The number of hydrogen-bond acceptors (Lipinski definition) is 7. The van der Waals surface area contributed by atoms with Gasteiger partial charge in [-0.05, 0) is 65.8 Å². The molecule has 0 saturated heterocycles. The third-order valence-corrected chi connectivity index (χ3v) is 7.09. The quantitative estimate of drug-likeness (QED) is 0.272. The molecule has 0 saturated carbocycles. The molecule has 0 radical (unpaired) electrons. The number of anilines is 2. The number of nitrogens with one attached hydrogen (secondary N) is 1. The van der Waals surface area contributed by atoms with Crippen molar-refractivity contribution in [3.63, 3.8) is 0 Å². The minimum absolute atomic E-state index is 0.0135. The summed E-state index contributed by atoms with van der Waals surface area (Å²) in [5.41, 5.74) is 14.7. The molecule has 1 heterocycles. The van der Waals surface area contributed by atoms with Crippen molar-refractivity contribution in [1.82, 2.24) is 9.69 Å². The standard InChI is InChI=1S/C28H27N5O4S/c1-16-7-6-10-21(17(16)2)33(28(37)25-22(29)23(26(30)35)32-38-25)24(19-11-13-20(34)14-12-19)27(36)31-15-18-8-4-3-5-9-18/h3-14,24,34H,15,29H2,1-2H3,(H2,30,35)(H,31,36)/t24-/m0/s1. The number of primary amides is 1. The molecule has 0 fully saturated rings. The maximum absolute atomic E-state index is 14.2. The molecule has 3 amide bonds. The van der Waals surface area contributed by atoms with Crippen LogP contribution in [0.1, 0.15) is 48.5 Å². The number of aromatic hydroxyl groups is 1. The highest BCUT2D eigenvalue weighted by Gasteiger charge is 2.36. The van der Waals surface area contributed by atoms with Crippen LogP contribution in [0.25, 0.3) is 0 Å². The lowest BCUT2D eigenvalue weighted by molar-refractivity contribution is -0.122. The van der Waals surface area contributed by atoms with Crippen molar-refractivity contribution in [3.8, 4) is 5.75 Å². The van der Waals surface area contributed by atoms with Crippen molar-refractivity contribution < 1.29 is 19.5 Å². The smallest absolute Gasteiger partial charge is 0.273 e. The van der Waals surface area contributed by atoms with E-state index in [1.54, 1.807) is 24.3 Å². The van der Waals surface area contributed by atoms with Crippen molar-refractivity contribution in [1.29, 1.82) is 0 Å². The van der Waals surface area contributed by atoms with Crippen molar-refractivity contribution in [2.45, 2.75) is 26.4 Å². The van der Waals surface area contributed by atoms with Crippen molar-refractivity contribution in [2.75, 3.05) is 10.6 Å². The highest BCUT2D eigenvalue weighted by Crippen LogP contribution is 2.36. The summed E-state index contributed by atoms with van der Waals surface area (Å²) in [4.78, 5) is 41.1. The number of phenolic OH excluding ortho intramolecular Hbond substituents is 1. The molecule has 0 aliphatic rings. The Kier molecular flexibility index (Phi) is 7.73. The monoisotopic (exact) mass is 529 g/mol. The summed E-state index contributed by atoms with van der Waals surface area (Å²) < 4.78 is 3.98. The molecule has 0 unspecified atom stereocenters. The number of carbonyl (C=O) groups excluding carboxylic acids is 3. The van der Waals surface area contributed by atoms with Crippen molar-refractivity contribution >= 4 is 40.6 Å². The highest BCUT2D eigenvalue weighted by atomic mass is 32.1. The number of carbonyl (C=O) groups is 3. The number of nitrogen functional groups attached to an aromatic ring is 1. The molecule has 0 spiro atoms. The topological polar surface area (TPSA) is 152 Å². The summed E-state index contributed by atoms with van der Waals surface area (Å²) in [5.74, 6) is -1.91. The van der Waals surface area contributed by atoms with Gasteiger partial charge in [0.05, 0.1) is 5.69 Å². The first kappa shape index (κ1) is 26.4. The Morgan fingerprint density at radius 3 is 2.32 bits per heavy atom. The second kappa shape index (κ2) is 11.1. The molecule has 4 rings (SSSR count). The number of amides is 3. The lowest BCUT2D eigenvalue weighted by atomic mass is 9.99. The number of phenols is 1. The molecule has 4 aromatic rings. The largest absolute Gasteiger partial charge is 0.508 e. The van der Waals surface area contributed by atoms with E-state index < -0.39 is 23.8 Å². The average Bonchev–Trinajstić information content (AvgIpc) is 3.30. The lowest BCUT2D eigenvalue weighted by Crippen LogP contribution is -2.44. The average molecular weight is 530 g/mol. The van der Waals surface area contributed by atoms with Gasteiger partial charge in [0.1, 0.15) is 16.7 Å². The molecule has 1 atom stereocenters. The molecule has 0 aliphatic carbocycles. The van der Waals surface area contributed by atoms with Crippen LogP contribution < -0.4 is 21.7 Å². The molecule has 6 N–H and O–H groups in total. The van der Waals surface area contributed by atoms with Crippen LogP contribution in [0, 0.1) is 13.8 Å². The molecule has 1 aromatic heterocycles. The van der Waals surface area contributed by atoms with Gasteiger partial charge < -0.3 is 21.9 Å². The first-order chi connectivity index (χ1) is 18.2. The third-order valence-electron chi connectivity index (χ3n) is 6.23. The van der Waals surface area contributed by atoms with Crippen LogP contribution in [-0.4, -0.2) is 27.2 Å². The number of rotatable bonds is 8. The van der Waals surface area contributed by atoms with E-state index in [1.165, 1.54) is 17.0 Å². The van der Waals surface area contributed by atoms with Gasteiger partial charge in [0.2, 0.25) is 5.91 Å². The van der Waals surface area contributed by atoms with Gasteiger partial charge in [0.15, 0.2) is 5.69 Å². The number of aromatic nitrogens is 1. The highest BCUT2D eigenvalue weighted by molar-refractivity contribution is 7.09. The van der Waals surface area contributed by atoms with E-state index in [4.69, 9.17) is 11.5 Å². The van der Waals surface area contributed by atoms with Gasteiger partial charge in [-0.2, -0.15) is 4.37 Å². The normalized spacial score (nSPS) is 11.5. The van der Waals surface area contributed by atoms with Crippen LogP contribution in [0.3, 0.4) is 0 Å². The predicted molar refractivity (Wildman–Crippen MR) is 147 cm³/mol. The van der Waals surface area contributed by atoms with E-state index >= 15 is 0 Å². The van der Waals surface area contributed by atoms with Crippen molar-refractivity contribution in [2.24, 2.45) is 5.73 Å². The Morgan fingerprint density at radius 2 is 1.68 bits per heavy atom. The molecular formula is C28H27N5O4S. The van der Waals surface area contributed by atoms with E-state index in [-0.39, 0.29) is 28.6 Å². The second-order valence-electron chi connectivity index (χ2n) is 8.73. The summed E-state index contributed by atoms with van der Waals surface area (Å²) in [6.45, 7) is 3.99. The van der Waals surface area contributed by atoms with Gasteiger partial charge in [0, 0.05) is 12.2 Å². The Hall–Kier alpha value is -4.70. The number of nitrogens with zero attached hydrogens (tertiary/aromatic N) is 2. The first-order valence-electron chi connectivity index (χ1n) is 11.7. The second-order valence-corrected chi connectivity index (χ2v) is 9.50. The molecular weight excluding hydrogens is 502 g/mol. The zero-order chi connectivity index (χ0) is 27.4. The van der Waals surface area contributed by atoms with Crippen LogP contribution in [0.5, 0.6) is 5.75 Å². The third kappa shape index (κ3) is 5.35. The van der Waals surface area contributed by atoms with E-state index in [0.717, 1.165) is 28.2 Å². The van der Waals surface area contributed by atoms with E-state index in [0.29, 0.717) is 11.3 Å². The fourth-order valence-electron chi connectivity index (χ4n) is 4.06. The molecule has 0 bridgehead atoms. The Morgan fingerprint density at radius 1 is 1.00 bits per heavy atom. The number of aryl methyl sites for hydroxylation is 1. The van der Waals surface area contributed by atoms with Gasteiger partial charge in [-0.25, -0.2) is 0 Å². The lowest BCUT2D eigenvalue weighted by Gasteiger charge is -2.32. The van der Waals surface area contributed by atoms with E-state index in [1.807, 2.05) is 50.2 Å². The SMILES string of the molecule is Cc1cccc(N(C(=O)c2snc(C(N)=O)c2N)[C@H](C(=O)NCc2ccccc2)c2ccc(O)cc2)c1C. The molecule has 194 valence electrons. The summed E-state index contributed by atoms with van der Waals surface area (Å²) in [6, 6.07) is 19.7. The summed E-state index contributed by atoms with van der Waals surface area (Å²) in [7, 11) is 0. The zero-order valence-corrected chi connectivity index (χ0v) is 21.7. The minimum Gasteiger partial charge on any atom is -0.508 e. The van der Waals surface area contributed by atoms with Crippen LogP contribution in [0.2, 0.25) is 0 Å². The van der Waals surface area contributed by atoms with Crippen LogP contribution >= 0.6 is 11.5 Å². The van der Waals surface area contributed by atoms with Crippen molar-refractivity contribution in [3.05, 3.63) is 106 Å². The maximum atomic E-state index is 14.2. The Balaban J connectivity index is 1.87. The van der Waals surface area contributed by atoms with Gasteiger partial charge in [-0.1, -0.05) is 54.6 Å². The van der Waals surface area contributed by atoms with E-state index in [2.05, 4.69) is 9.69 Å². The van der Waals surface area contributed by atoms with Crippen LogP contribution in [0.15, 0.2) is 72.8 Å². The van der Waals surface area contributed by atoms with Gasteiger partial charge >= 0.3 is 0 Å². The molecule has 3 aromatic carbocycles. The van der Waals surface area contributed by atoms with Crippen LogP contribution in [0.4, 0.5) is 11.4 Å². The summed E-state index contributed by atoms with van der Waals surface area (Å²) >= 11 is 0.744. The van der Waals surface area contributed by atoms with Gasteiger partial charge in [-0.3, -0.25) is 19.3 Å². The molecule has 0 aliphatic heterocycles. The fourth-order valence-corrected chi connectivity index (χ4v) is 4.80. The fraction of sp³-hybridized carbons (Fsp3) is 0.143. The molecule has 10 heteroatoms. The summed E-state index contributed by atoms with van der Waals surface area (Å²) in [5, 5.41) is 12.8. The van der Waals surface area contributed by atoms with E-state index in [9.17, 15) is 19.5 Å². The first-order valence-corrected chi connectivity index (χ1v) is 12.5. The number of nitrogens with two attached hydrogens (primary N) is 2. The molecule has 38 heavy (non-hydrogen) atoms. The van der Waals surface area contributed by atoms with Crippen LogP contribution in [-0.2, 0) is 11.3 Å². The number of benzene rings is 3.